The number of H-pyrrole nitrogens is 1. The second-order valence-corrected chi connectivity index (χ2v) is 8.08. The molecule has 9 nitrogen and oxygen atoms in total. The van der Waals surface area contributed by atoms with Gasteiger partial charge in [-0.1, -0.05) is 13.0 Å². The molecule has 0 spiro atoms. The first kappa shape index (κ1) is 20.0. The van der Waals surface area contributed by atoms with Crippen LogP contribution in [0.25, 0.3) is 16.5 Å². The van der Waals surface area contributed by atoms with Gasteiger partial charge in [0.15, 0.2) is 11.5 Å². The number of benzene rings is 1. The van der Waals surface area contributed by atoms with Crippen molar-refractivity contribution in [3.63, 3.8) is 0 Å². The summed E-state index contributed by atoms with van der Waals surface area (Å²) in [6, 6.07) is 10.6. The lowest BCUT2D eigenvalue weighted by Crippen LogP contribution is -2.22. The van der Waals surface area contributed by atoms with Crippen LogP contribution in [0.1, 0.15) is 28.5 Å². The van der Waals surface area contributed by atoms with E-state index in [1.165, 1.54) is 16.0 Å². The molecule has 32 heavy (non-hydrogen) atoms. The normalized spacial score (nSPS) is 12.2. The first-order valence-corrected chi connectivity index (χ1v) is 10.9. The van der Waals surface area contributed by atoms with Crippen LogP contribution >= 0.6 is 11.3 Å². The minimum atomic E-state index is -0.355. The van der Waals surface area contributed by atoms with Crippen molar-refractivity contribution in [2.45, 2.75) is 20.3 Å². The summed E-state index contributed by atoms with van der Waals surface area (Å²) in [5.41, 5.74) is 2.06. The van der Waals surface area contributed by atoms with Gasteiger partial charge in [-0.25, -0.2) is 4.98 Å². The molecule has 1 aliphatic heterocycles. The molecule has 0 saturated carbocycles. The SMILES string of the molecule is CCc1c(C)nc(-n2nc(-c3cccs3)cc2NC(=O)c2ccc3c(c2)OCO3)[nH]c1=O. The van der Waals surface area contributed by atoms with Crippen LogP contribution in [-0.4, -0.2) is 32.4 Å². The number of hydrogen-bond acceptors (Lipinski definition) is 7. The number of nitrogens with one attached hydrogen (secondary N) is 2. The maximum Gasteiger partial charge on any atom is 0.256 e. The lowest BCUT2D eigenvalue weighted by molar-refractivity contribution is 0.102. The number of ether oxygens (including phenoxy) is 2. The Balaban J connectivity index is 1.55. The van der Waals surface area contributed by atoms with E-state index in [0.717, 1.165) is 4.88 Å². The van der Waals surface area contributed by atoms with Crippen molar-refractivity contribution >= 4 is 23.1 Å². The predicted molar refractivity (Wildman–Crippen MR) is 120 cm³/mol. The molecule has 5 rings (SSSR count). The van der Waals surface area contributed by atoms with Crippen molar-refractivity contribution in [1.29, 1.82) is 0 Å². The molecule has 1 aliphatic rings. The van der Waals surface area contributed by atoms with Crippen molar-refractivity contribution < 1.29 is 14.3 Å². The molecule has 0 unspecified atom stereocenters. The average molecular weight is 449 g/mol. The van der Waals surface area contributed by atoms with E-state index in [-0.39, 0.29) is 24.2 Å². The Morgan fingerprint density at radius 2 is 2.09 bits per heavy atom. The minimum Gasteiger partial charge on any atom is -0.454 e. The zero-order chi connectivity index (χ0) is 22.2. The number of fused-ring (bicyclic) bond motifs is 1. The van der Waals surface area contributed by atoms with E-state index in [2.05, 4.69) is 20.4 Å². The van der Waals surface area contributed by atoms with Gasteiger partial charge in [-0.15, -0.1) is 11.3 Å². The number of carbonyl (C=O) groups is 1. The van der Waals surface area contributed by atoms with Gasteiger partial charge >= 0.3 is 0 Å². The van der Waals surface area contributed by atoms with Gasteiger partial charge in [0.25, 0.3) is 11.5 Å². The standard InChI is InChI=1S/C22H19N5O4S/c1-3-14-12(2)23-22(25-21(14)29)27-19(10-15(26-27)18-5-4-8-32-18)24-20(28)13-6-7-16-17(9-13)31-11-30-16/h4-10H,3,11H2,1-2H3,(H,24,28)(H,23,25,29). The van der Waals surface area contributed by atoms with Gasteiger partial charge in [0.1, 0.15) is 11.5 Å². The van der Waals surface area contributed by atoms with E-state index in [1.54, 1.807) is 31.2 Å². The highest BCUT2D eigenvalue weighted by Gasteiger charge is 2.20. The maximum absolute atomic E-state index is 13.0. The van der Waals surface area contributed by atoms with Crippen LogP contribution in [0.15, 0.2) is 46.6 Å². The summed E-state index contributed by atoms with van der Waals surface area (Å²) < 4.78 is 12.1. The molecule has 3 aromatic heterocycles. The fraction of sp³-hybridized carbons (Fsp3) is 0.182. The first-order valence-electron chi connectivity index (χ1n) is 9.98. The molecule has 0 bridgehead atoms. The summed E-state index contributed by atoms with van der Waals surface area (Å²) >= 11 is 1.52. The molecule has 162 valence electrons. The number of nitrogens with zero attached hydrogens (tertiary/aromatic N) is 3. The molecule has 0 atom stereocenters. The monoisotopic (exact) mass is 449 g/mol. The third-order valence-corrected chi connectivity index (χ3v) is 6.02. The summed E-state index contributed by atoms with van der Waals surface area (Å²) in [5.74, 6) is 1.37. The number of amides is 1. The van der Waals surface area contributed by atoms with Gasteiger partial charge < -0.3 is 14.8 Å². The van der Waals surface area contributed by atoms with Crippen molar-refractivity contribution in [3.05, 3.63) is 69.0 Å². The van der Waals surface area contributed by atoms with Crippen LogP contribution in [0.5, 0.6) is 11.5 Å². The van der Waals surface area contributed by atoms with Crippen LogP contribution in [0, 0.1) is 6.92 Å². The second kappa shape index (κ2) is 7.97. The number of aryl methyl sites for hydroxylation is 1. The molecule has 0 radical (unpaired) electrons. The van der Waals surface area contributed by atoms with Gasteiger partial charge in [-0.3, -0.25) is 14.6 Å². The molecular formula is C22H19N5O4S. The van der Waals surface area contributed by atoms with Crippen LogP contribution < -0.4 is 20.3 Å². The molecule has 0 saturated heterocycles. The smallest absolute Gasteiger partial charge is 0.256 e. The summed E-state index contributed by atoms with van der Waals surface area (Å²) in [4.78, 5) is 33.7. The highest BCUT2D eigenvalue weighted by atomic mass is 32.1. The Morgan fingerprint density at radius 3 is 2.84 bits per heavy atom. The van der Waals surface area contributed by atoms with Gasteiger partial charge in [-0.2, -0.15) is 9.78 Å². The largest absolute Gasteiger partial charge is 0.454 e. The third-order valence-electron chi connectivity index (χ3n) is 5.12. The Bertz CT molecular complexity index is 1370. The Hall–Kier alpha value is -3.92. The summed E-state index contributed by atoms with van der Waals surface area (Å²) in [6.45, 7) is 3.81. The number of aromatic amines is 1. The van der Waals surface area contributed by atoms with E-state index < -0.39 is 0 Å². The number of rotatable bonds is 5. The summed E-state index contributed by atoms with van der Waals surface area (Å²) in [5, 5.41) is 9.42. The van der Waals surface area contributed by atoms with Crippen LogP contribution in [-0.2, 0) is 6.42 Å². The van der Waals surface area contributed by atoms with Crippen LogP contribution in [0.3, 0.4) is 0 Å². The maximum atomic E-state index is 13.0. The average Bonchev–Trinajstić information content (AvgIpc) is 3.53. The van der Waals surface area contributed by atoms with E-state index >= 15 is 0 Å². The molecule has 1 amide bonds. The zero-order valence-electron chi connectivity index (χ0n) is 17.3. The highest BCUT2D eigenvalue weighted by Crippen LogP contribution is 2.33. The second-order valence-electron chi connectivity index (χ2n) is 7.13. The van der Waals surface area contributed by atoms with Crippen molar-refractivity contribution in [1.82, 2.24) is 19.7 Å². The van der Waals surface area contributed by atoms with Gasteiger partial charge in [0.05, 0.1) is 4.88 Å². The van der Waals surface area contributed by atoms with E-state index in [9.17, 15) is 9.59 Å². The van der Waals surface area contributed by atoms with Crippen LogP contribution in [0.2, 0.25) is 0 Å². The summed E-state index contributed by atoms with van der Waals surface area (Å²) in [7, 11) is 0. The van der Waals surface area contributed by atoms with Gasteiger partial charge in [0, 0.05) is 22.9 Å². The van der Waals surface area contributed by atoms with Gasteiger partial charge in [-0.05, 0) is 43.0 Å². The molecule has 4 aromatic rings. The van der Waals surface area contributed by atoms with Gasteiger partial charge in [0.2, 0.25) is 12.7 Å². The molecule has 0 aliphatic carbocycles. The minimum absolute atomic E-state index is 0.128. The Morgan fingerprint density at radius 1 is 1.25 bits per heavy atom. The van der Waals surface area contributed by atoms with Crippen LogP contribution in [0.4, 0.5) is 5.82 Å². The van der Waals surface area contributed by atoms with E-state index in [0.29, 0.717) is 46.3 Å². The number of anilines is 1. The van der Waals surface area contributed by atoms with E-state index in [4.69, 9.17) is 9.47 Å². The molecular weight excluding hydrogens is 430 g/mol. The number of hydrogen-bond donors (Lipinski definition) is 2. The molecule has 2 N–H and O–H groups in total. The van der Waals surface area contributed by atoms with Crippen molar-refractivity contribution in [3.8, 4) is 28.0 Å². The third kappa shape index (κ3) is 3.54. The molecule has 10 heteroatoms. The Labute approximate surface area is 186 Å². The van der Waals surface area contributed by atoms with E-state index in [1.807, 2.05) is 24.4 Å². The lowest BCUT2D eigenvalue weighted by atomic mass is 10.2. The van der Waals surface area contributed by atoms with Crippen molar-refractivity contribution in [2.24, 2.45) is 0 Å². The fourth-order valence-electron chi connectivity index (χ4n) is 3.51. The quantitative estimate of drug-likeness (QED) is 0.482. The predicted octanol–water partition coefficient (Wildman–Crippen LogP) is 3.54. The molecule has 4 heterocycles. The number of thiophene rings is 1. The first-order chi connectivity index (χ1) is 15.5. The zero-order valence-corrected chi connectivity index (χ0v) is 18.2. The lowest BCUT2D eigenvalue weighted by Gasteiger charge is -2.10. The fourth-order valence-corrected chi connectivity index (χ4v) is 4.20. The number of aromatic nitrogens is 4. The topological polar surface area (TPSA) is 111 Å². The Kier molecular flexibility index (Phi) is 4.98. The number of carbonyl (C=O) groups excluding carboxylic acids is 1. The highest BCUT2D eigenvalue weighted by molar-refractivity contribution is 7.13. The van der Waals surface area contributed by atoms with Crippen molar-refractivity contribution in [2.75, 3.05) is 12.1 Å². The molecule has 1 aromatic carbocycles. The summed E-state index contributed by atoms with van der Waals surface area (Å²) in [6.07, 6.45) is 0.571. The molecule has 0 fully saturated rings.